The highest BCUT2D eigenvalue weighted by Crippen LogP contribution is 2.14. The van der Waals surface area contributed by atoms with Crippen LogP contribution in [0.1, 0.15) is 19.8 Å². The highest BCUT2D eigenvalue weighted by molar-refractivity contribution is 5.72. The molecule has 15 heavy (non-hydrogen) atoms. The zero-order valence-electron chi connectivity index (χ0n) is 8.51. The molecule has 0 saturated carbocycles. The first kappa shape index (κ1) is 9.71. The molecule has 0 amide bonds. The predicted molar refractivity (Wildman–Crippen MR) is 55.7 cm³/mol. The van der Waals surface area contributed by atoms with E-state index in [9.17, 15) is 4.79 Å². The minimum absolute atomic E-state index is 0.219. The molecule has 0 bridgehead atoms. The SMILES string of the molecule is CCCC(=O)Oc1cnc2ccccn12. The van der Waals surface area contributed by atoms with E-state index in [1.54, 1.807) is 10.6 Å². The molecule has 0 saturated heterocycles. The highest BCUT2D eigenvalue weighted by Gasteiger charge is 2.07. The minimum atomic E-state index is -0.219. The maximum absolute atomic E-state index is 11.3. The number of aromatic nitrogens is 2. The van der Waals surface area contributed by atoms with Gasteiger partial charge >= 0.3 is 5.97 Å². The van der Waals surface area contributed by atoms with Crippen molar-refractivity contribution >= 4 is 11.6 Å². The van der Waals surface area contributed by atoms with Crippen LogP contribution < -0.4 is 4.74 Å². The van der Waals surface area contributed by atoms with Crippen molar-refractivity contribution in [3.8, 4) is 5.88 Å². The Bertz CT molecular complexity index is 476. The molecule has 0 N–H and O–H groups in total. The van der Waals surface area contributed by atoms with Gasteiger partial charge in [-0.25, -0.2) is 4.98 Å². The summed E-state index contributed by atoms with van der Waals surface area (Å²) in [7, 11) is 0. The van der Waals surface area contributed by atoms with Gasteiger partial charge < -0.3 is 4.74 Å². The van der Waals surface area contributed by atoms with Crippen LogP contribution in [0.2, 0.25) is 0 Å². The zero-order valence-corrected chi connectivity index (χ0v) is 8.51. The van der Waals surface area contributed by atoms with E-state index in [0.717, 1.165) is 12.1 Å². The minimum Gasteiger partial charge on any atom is -0.407 e. The van der Waals surface area contributed by atoms with Crippen molar-refractivity contribution in [2.24, 2.45) is 0 Å². The largest absolute Gasteiger partial charge is 0.407 e. The van der Waals surface area contributed by atoms with Crippen LogP contribution in [0.25, 0.3) is 5.65 Å². The average Bonchev–Trinajstić information content (AvgIpc) is 2.62. The summed E-state index contributed by atoms with van der Waals surface area (Å²) in [5.74, 6) is 0.257. The molecular formula is C11H12N2O2. The zero-order chi connectivity index (χ0) is 10.7. The molecule has 0 fully saturated rings. The Morgan fingerprint density at radius 1 is 1.53 bits per heavy atom. The van der Waals surface area contributed by atoms with Gasteiger partial charge in [0.15, 0.2) is 0 Å². The number of ether oxygens (including phenoxy) is 1. The summed E-state index contributed by atoms with van der Waals surface area (Å²) in [5, 5.41) is 0. The van der Waals surface area contributed by atoms with Gasteiger partial charge in [-0.1, -0.05) is 13.0 Å². The number of hydrogen-bond acceptors (Lipinski definition) is 3. The fourth-order valence-electron chi connectivity index (χ4n) is 1.36. The van der Waals surface area contributed by atoms with Gasteiger partial charge in [-0.15, -0.1) is 0 Å². The number of carbonyl (C=O) groups is 1. The van der Waals surface area contributed by atoms with Crippen molar-refractivity contribution in [1.82, 2.24) is 9.38 Å². The number of esters is 1. The molecule has 2 aromatic heterocycles. The van der Waals surface area contributed by atoms with Gasteiger partial charge in [0, 0.05) is 12.6 Å². The van der Waals surface area contributed by atoms with Crippen LogP contribution in [0.3, 0.4) is 0 Å². The van der Waals surface area contributed by atoms with Crippen LogP contribution in [0.15, 0.2) is 30.6 Å². The molecule has 0 aromatic carbocycles. The van der Waals surface area contributed by atoms with Crippen LogP contribution in [0.4, 0.5) is 0 Å². The number of nitrogens with zero attached hydrogens (tertiary/aromatic N) is 2. The van der Waals surface area contributed by atoms with E-state index < -0.39 is 0 Å². The summed E-state index contributed by atoms with van der Waals surface area (Å²) in [6.45, 7) is 1.94. The van der Waals surface area contributed by atoms with E-state index in [1.807, 2.05) is 31.3 Å². The molecule has 0 unspecified atom stereocenters. The van der Waals surface area contributed by atoms with E-state index >= 15 is 0 Å². The monoisotopic (exact) mass is 204 g/mol. The Morgan fingerprint density at radius 3 is 3.20 bits per heavy atom. The van der Waals surface area contributed by atoms with Gasteiger partial charge in [0.1, 0.15) is 5.65 Å². The molecule has 0 spiro atoms. The third kappa shape index (κ3) is 1.98. The fraction of sp³-hybridized carbons (Fsp3) is 0.273. The summed E-state index contributed by atoms with van der Waals surface area (Å²) in [5.41, 5.74) is 0.775. The summed E-state index contributed by atoms with van der Waals surface area (Å²) >= 11 is 0. The molecule has 2 heterocycles. The molecule has 0 aliphatic heterocycles. The quantitative estimate of drug-likeness (QED) is 0.718. The Balaban J connectivity index is 2.25. The van der Waals surface area contributed by atoms with Crippen LogP contribution in [-0.4, -0.2) is 15.4 Å². The maximum Gasteiger partial charge on any atom is 0.312 e. The molecule has 4 nitrogen and oxygen atoms in total. The standard InChI is InChI=1S/C11H12N2O2/c1-2-5-11(14)15-10-8-12-9-6-3-4-7-13(9)10/h3-4,6-8H,2,5H2,1H3. The van der Waals surface area contributed by atoms with Crippen molar-refractivity contribution < 1.29 is 9.53 Å². The lowest BCUT2D eigenvalue weighted by Crippen LogP contribution is -2.08. The van der Waals surface area contributed by atoms with E-state index in [4.69, 9.17) is 4.74 Å². The van der Waals surface area contributed by atoms with Gasteiger partial charge in [-0.05, 0) is 18.6 Å². The van der Waals surface area contributed by atoms with Gasteiger partial charge in [0.2, 0.25) is 5.88 Å². The van der Waals surface area contributed by atoms with Crippen molar-refractivity contribution in [1.29, 1.82) is 0 Å². The molecule has 78 valence electrons. The molecule has 0 atom stereocenters. The van der Waals surface area contributed by atoms with Crippen molar-refractivity contribution in [2.45, 2.75) is 19.8 Å². The van der Waals surface area contributed by atoms with Gasteiger partial charge in [0.25, 0.3) is 0 Å². The lowest BCUT2D eigenvalue weighted by molar-refractivity contribution is -0.134. The van der Waals surface area contributed by atoms with Crippen molar-refractivity contribution in [2.75, 3.05) is 0 Å². The van der Waals surface area contributed by atoms with E-state index in [1.165, 1.54) is 0 Å². The summed E-state index contributed by atoms with van der Waals surface area (Å²) in [6.07, 6.45) is 4.59. The molecule has 4 heteroatoms. The topological polar surface area (TPSA) is 43.6 Å². The number of rotatable bonds is 3. The van der Waals surface area contributed by atoms with Gasteiger partial charge in [-0.2, -0.15) is 0 Å². The maximum atomic E-state index is 11.3. The first-order valence-corrected chi connectivity index (χ1v) is 4.94. The highest BCUT2D eigenvalue weighted by atomic mass is 16.5. The molecule has 0 aliphatic carbocycles. The Hall–Kier alpha value is -1.84. The third-order valence-corrected chi connectivity index (χ3v) is 2.06. The molecule has 2 rings (SSSR count). The van der Waals surface area contributed by atoms with Gasteiger partial charge in [-0.3, -0.25) is 9.20 Å². The van der Waals surface area contributed by atoms with E-state index in [0.29, 0.717) is 12.3 Å². The lowest BCUT2D eigenvalue weighted by Gasteiger charge is -2.01. The molecular weight excluding hydrogens is 192 g/mol. The molecule has 2 aromatic rings. The Morgan fingerprint density at radius 2 is 2.40 bits per heavy atom. The second kappa shape index (κ2) is 4.13. The normalized spacial score (nSPS) is 10.5. The second-order valence-electron chi connectivity index (χ2n) is 3.25. The number of hydrogen-bond donors (Lipinski definition) is 0. The Labute approximate surface area is 87.5 Å². The molecule has 0 radical (unpaired) electrons. The third-order valence-electron chi connectivity index (χ3n) is 2.06. The lowest BCUT2D eigenvalue weighted by atomic mass is 10.3. The van der Waals surface area contributed by atoms with Gasteiger partial charge in [0.05, 0.1) is 6.20 Å². The van der Waals surface area contributed by atoms with Crippen molar-refractivity contribution in [3.63, 3.8) is 0 Å². The summed E-state index contributed by atoms with van der Waals surface area (Å²) < 4.78 is 6.91. The average molecular weight is 204 g/mol. The summed E-state index contributed by atoms with van der Waals surface area (Å²) in [4.78, 5) is 15.4. The number of imidazole rings is 1. The van der Waals surface area contributed by atoms with Crippen molar-refractivity contribution in [3.05, 3.63) is 30.6 Å². The summed E-state index contributed by atoms with van der Waals surface area (Å²) in [6, 6.07) is 5.61. The molecule has 0 aliphatic rings. The number of pyridine rings is 1. The van der Waals surface area contributed by atoms with Crippen LogP contribution >= 0.6 is 0 Å². The van der Waals surface area contributed by atoms with Crippen LogP contribution in [0, 0.1) is 0 Å². The first-order valence-electron chi connectivity index (χ1n) is 4.94. The number of carbonyl (C=O) groups excluding carboxylic acids is 1. The predicted octanol–water partition coefficient (Wildman–Crippen LogP) is 2.04. The second-order valence-corrected chi connectivity index (χ2v) is 3.25. The smallest absolute Gasteiger partial charge is 0.312 e. The van der Waals surface area contributed by atoms with E-state index in [-0.39, 0.29) is 5.97 Å². The van der Waals surface area contributed by atoms with Crippen LogP contribution in [-0.2, 0) is 4.79 Å². The fourth-order valence-corrected chi connectivity index (χ4v) is 1.36. The first-order chi connectivity index (χ1) is 7.31. The Kier molecular flexibility index (Phi) is 2.67. The number of fused-ring (bicyclic) bond motifs is 1. The van der Waals surface area contributed by atoms with E-state index in [2.05, 4.69) is 4.98 Å². The van der Waals surface area contributed by atoms with Crippen LogP contribution in [0.5, 0.6) is 5.88 Å².